The highest BCUT2D eigenvalue weighted by molar-refractivity contribution is 5.88. The minimum absolute atomic E-state index is 0.0870. The molecule has 5 heterocycles. The van der Waals surface area contributed by atoms with Gasteiger partial charge in [0.15, 0.2) is 0 Å². The fraction of sp³-hybridized carbons (Fsp3) is 0.423. The van der Waals surface area contributed by atoms with Crippen LogP contribution in [0.4, 0.5) is 9.59 Å². The van der Waals surface area contributed by atoms with Crippen LogP contribution in [0.3, 0.4) is 0 Å². The van der Waals surface area contributed by atoms with Crippen LogP contribution in [-0.2, 0) is 23.8 Å². The van der Waals surface area contributed by atoms with Crippen LogP contribution in [0.5, 0.6) is 0 Å². The van der Waals surface area contributed by atoms with E-state index in [2.05, 4.69) is 82.2 Å². The van der Waals surface area contributed by atoms with Crippen LogP contribution in [0.25, 0.3) is 22.9 Å². The third kappa shape index (κ3) is 8.67. The predicted octanol–water partition coefficient (Wildman–Crippen LogP) is 8.22. The molecule has 4 N–H and O–H groups in total. The molecule has 67 heavy (non-hydrogen) atoms. The molecule has 0 fully saturated rings. The zero-order valence-corrected chi connectivity index (χ0v) is 39.1. The highest BCUT2D eigenvalue weighted by Gasteiger charge is 2.45. The van der Waals surface area contributed by atoms with Crippen LogP contribution in [0.15, 0.2) is 102 Å². The number of alkyl carbamates (subject to hydrolysis) is 2. The predicted molar refractivity (Wildman–Crippen MR) is 254 cm³/mol. The van der Waals surface area contributed by atoms with Crippen molar-refractivity contribution in [3.05, 3.63) is 131 Å². The van der Waals surface area contributed by atoms with E-state index >= 15 is 0 Å². The smallest absolute Gasteiger partial charge is 0.407 e. The Kier molecular flexibility index (Phi) is 12.7. The van der Waals surface area contributed by atoms with Gasteiger partial charge in [-0.1, -0.05) is 101 Å². The third-order valence-electron chi connectivity index (χ3n) is 14.1. The van der Waals surface area contributed by atoms with Crippen molar-refractivity contribution in [1.82, 2.24) is 40.4 Å². The lowest BCUT2D eigenvalue weighted by molar-refractivity contribution is -0.135. The maximum atomic E-state index is 13.8. The van der Waals surface area contributed by atoms with E-state index < -0.39 is 36.4 Å². The van der Waals surface area contributed by atoms with E-state index in [9.17, 15) is 19.2 Å². The van der Waals surface area contributed by atoms with Gasteiger partial charge >= 0.3 is 12.2 Å². The third-order valence-corrected chi connectivity index (χ3v) is 14.1. The maximum absolute atomic E-state index is 13.8. The Labute approximate surface area is 391 Å². The van der Waals surface area contributed by atoms with E-state index in [1.807, 2.05) is 64.4 Å². The fourth-order valence-corrected chi connectivity index (χ4v) is 10.5. The average molecular weight is 909 g/mol. The second kappa shape index (κ2) is 18.8. The van der Waals surface area contributed by atoms with Gasteiger partial charge in [-0.2, -0.15) is 0 Å². The van der Waals surface area contributed by atoms with Gasteiger partial charge in [0.25, 0.3) is 0 Å². The number of carbonyl (C=O) groups is 4. The second-order valence-electron chi connectivity index (χ2n) is 18.9. The normalized spacial score (nSPS) is 24.7. The number of hydrogen-bond donors (Lipinski definition) is 4. The molecule has 0 saturated carbocycles. The molecule has 6 aliphatic rings. The van der Waals surface area contributed by atoms with E-state index in [-0.39, 0.29) is 47.5 Å². The first-order valence-corrected chi connectivity index (χ1v) is 23.4. The van der Waals surface area contributed by atoms with Crippen molar-refractivity contribution >= 4 is 35.6 Å². The van der Waals surface area contributed by atoms with Gasteiger partial charge < -0.3 is 44.6 Å². The van der Waals surface area contributed by atoms with Crippen molar-refractivity contribution < 1.29 is 33.4 Å². The number of rotatable bonds is 11. The molecule has 4 amide bonds. The number of imidazole rings is 2. The molecule has 1 aromatic carbocycles. The van der Waals surface area contributed by atoms with Crippen LogP contribution in [-0.4, -0.2) is 99.2 Å². The first kappa shape index (κ1) is 45.3. The first-order valence-electron chi connectivity index (χ1n) is 23.4. The molecule has 8 atom stereocenters. The standard InChI is InChI=1S/C52H60N8O7/c1-28(2)44(57-51(63)65-6)49(61)59-21-11-15-40(59)47-53-26-38(55-47)32-17-19-35-30(5)43-37(24-34(35)23-32)36-20-18-33(25-42(36)67-46(43)31-13-9-8-10-14-31)39-27-54-48(56-39)41-16-12-22-60(41)50(62)45(29(3)4)58-52(64)66-7/h8-13,15-17,19,23-31,40-41,43-46H,14,18,20-22H2,1-7H3,(H,53,55)(H,54,56)(H,57,63)(H,58,64). The number of nitrogens with zero attached hydrogens (tertiary/aromatic N) is 4. The van der Waals surface area contributed by atoms with Crippen LogP contribution < -0.4 is 10.6 Å². The van der Waals surface area contributed by atoms with Crippen LogP contribution in [0.1, 0.15) is 100 Å². The van der Waals surface area contributed by atoms with Gasteiger partial charge in [-0.05, 0) is 77.0 Å². The first-order chi connectivity index (χ1) is 32.3. The number of methoxy groups -OCH3 is 2. The molecule has 0 radical (unpaired) electrons. The summed E-state index contributed by atoms with van der Waals surface area (Å²) in [5.41, 5.74) is 8.75. The summed E-state index contributed by atoms with van der Waals surface area (Å²) in [7, 11) is 2.58. The van der Waals surface area contributed by atoms with Gasteiger partial charge in [-0.3, -0.25) is 9.59 Å². The van der Waals surface area contributed by atoms with E-state index in [4.69, 9.17) is 24.2 Å². The van der Waals surface area contributed by atoms with Crippen LogP contribution in [0.2, 0.25) is 0 Å². The molecular formula is C52H60N8O7. The molecule has 15 heteroatoms. The lowest BCUT2D eigenvalue weighted by atomic mass is 9.65. The zero-order valence-electron chi connectivity index (χ0n) is 39.1. The number of aromatic nitrogens is 4. The minimum Gasteiger partial charge on any atom is -0.489 e. The molecule has 0 bridgehead atoms. The number of amides is 4. The monoisotopic (exact) mass is 908 g/mol. The topological polar surface area (TPSA) is 184 Å². The summed E-state index contributed by atoms with van der Waals surface area (Å²) < 4.78 is 16.8. The average Bonchev–Trinajstić information content (AvgIpc) is 4.19. The molecule has 3 aliphatic heterocycles. The summed E-state index contributed by atoms with van der Waals surface area (Å²) in [5.74, 6) is 2.01. The number of aromatic amines is 2. The molecule has 350 valence electrons. The Balaban J connectivity index is 0.998. The number of fused-ring (bicyclic) bond motifs is 3. The van der Waals surface area contributed by atoms with Crippen LogP contribution in [0, 0.1) is 23.7 Å². The molecular weight excluding hydrogens is 849 g/mol. The number of benzene rings is 1. The van der Waals surface area contributed by atoms with Crippen molar-refractivity contribution in [2.24, 2.45) is 23.7 Å². The van der Waals surface area contributed by atoms with Gasteiger partial charge in [0.05, 0.1) is 38.0 Å². The summed E-state index contributed by atoms with van der Waals surface area (Å²) in [5, 5.41) is 5.42. The van der Waals surface area contributed by atoms with E-state index in [1.54, 1.807) is 9.80 Å². The zero-order chi connectivity index (χ0) is 47.1. The molecule has 2 aromatic heterocycles. The van der Waals surface area contributed by atoms with E-state index in [0.717, 1.165) is 53.1 Å². The fourth-order valence-electron chi connectivity index (χ4n) is 10.5. The molecule has 8 unspecified atom stereocenters. The Morgan fingerprint density at radius 3 is 1.97 bits per heavy atom. The minimum atomic E-state index is -0.744. The molecule has 3 aromatic rings. The lowest BCUT2D eigenvalue weighted by Gasteiger charge is -2.46. The van der Waals surface area contributed by atoms with E-state index in [0.29, 0.717) is 24.7 Å². The van der Waals surface area contributed by atoms with E-state index in [1.165, 1.54) is 30.9 Å². The number of carbonyl (C=O) groups excluding carboxylic acids is 4. The summed E-state index contributed by atoms with van der Waals surface area (Å²) in [6.07, 6.45) is 25.9. The van der Waals surface area contributed by atoms with Crippen molar-refractivity contribution in [1.29, 1.82) is 0 Å². The molecule has 9 rings (SSSR count). The van der Waals surface area contributed by atoms with Gasteiger partial charge in [0.2, 0.25) is 11.8 Å². The Hall–Kier alpha value is -6.90. The SMILES string of the molecule is COC(=O)NC(C(=O)N1CC=CC1c1ncc(C2=CC3=C(CC2)C2=Cc4cc(-c5cnc(C6C=CCN6C(=O)C(NC(=O)OC)C(C)C)[nH]5)ccc4C(C)C2C(C2C=CC=CC2)O3)[nH]1)C(C)C. The Morgan fingerprint density at radius 1 is 0.776 bits per heavy atom. The van der Waals surface area contributed by atoms with Gasteiger partial charge in [-0.15, -0.1) is 0 Å². The molecule has 0 spiro atoms. The maximum Gasteiger partial charge on any atom is 0.407 e. The van der Waals surface area contributed by atoms with Crippen molar-refractivity contribution in [2.45, 2.75) is 90.1 Å². The lowest BCUT2D eigenvalue weighted by Crippen LogP contribution is -2.51. The summed E-state index contributed by atoms with van der Waals surface area (Å²) >= 11 is 0. The van der Waals surface area contributed by atoms with Gasteiger partial charge in [0, 0.05) is 30.5 Å². The number of hydrogen-bond acceptors (Lipinski definition) is 9. The Bertz CT molecular complexity index is 2660. The van der Waals surface area contributed by atoms with Gasteiger partial charge in [0.1, 0.15) is 47.7 Å². The highest BCUT2D eigenvalue weighted by Crippen LogP contribution is 2.53. The second-order valence-corrected chi connectivity index (χ2v) is 18.9. The van der Waals surface area contributed by atoms with Crippen molar-refractivity contribution in [3.8, 4) is 11.3 Å². The molecule has 0 saturated heterocycles. The summed E-state index contributed by atoms with van der Waals surface area (Å²) in [4.78, 5) is 71.9. The highest BCUT2D eigenvalue weighted by atomic mass is 16.5. The summed E-state index contributed by atoms with van der Waals surface area (Å²) in [6, 6.07) is 4.31. The number of ether oxygens (including phenoxy) is 3. The van der Waals surface area contributed by atoms with Crippen molar-refractivity contribution in [2.75, 3.05) is 27.3 Å². The number of H-pyrrole nitrogens is 2. The van der Waals surface area contributed by atoms with Crippen LogP contribution >= 0.6 is 0 Å². The number of allylic oxidation sites excluding steroid dienone is 6. The molecule has 3 aliphatic carbocycles. The quantitative estimate of drug-likeness (QED) is 0.138. The number of nitrogens with one attached hydrogen (secondary N) is 4. The van der Waals surface area contributed by atoms with Gasteiger partial charge in [-0.25, -0.2) is 19.6 Å². The van der Waals surface area contributed by atoms with Crippen molar-refractivity contribution in [3.63, 3.8) is 0 Å². The largest absolute Gasteiger partial charge is 0.489 e. The Morgan fingerprint density at radius 2 is 1.39 bits per heavy atom. The summed E-state index contributed by atoms with van der Waals surface area (Å²) in [6.45, 7) is 10.7. The molecule has 15 nitrogen and oxygen atoms in total.